The molecule has 134 valence electrons. The summed E-state index contributed by atoms with van der Waals surface area (Å²) in [6, 6.07) is 7.49. The standard InChI is InChI=1S/C18H28N2O4/c1-5-23-16-8-6-15(7-9-16)17(12-22-4)19-18(21)20-10-11-24-14(3)13(20)2/h6-9,13-14,17H,5,10-12H2,1-4H3,(H,19,21)/t13-,14-,17-/m0/s1. The van der Waals surface area contributed by atoms with Gasteiger partial charge in [-0.1, -0.05) is 12.1 Å². The normalized spacial score (nSPS) is 22.1. The van der Waals surface area contributed by atoms with E-state index in [0.717, 1.165) is 11.3 Å². The van der Waals surface area contributed by atoms with Crippen molar-refractivity contribution in [3.8, 4) is 5.75 Å². The number of methoxy groups -OCH3 is 1. The molecular formula is C18H28N2O4. The van der Waals surface area contributed by atoms with E-state index < -0.39 is 0 Å². The summed E-state index contributed by atoms with van der Waals surface area (Å²) >= 11 is 0. The van der Waals surface area contributed by atoms with Crippen LogP contribution in [0.25, 0.3) is 0 Å². The molecule has 2 rings (SSSR count). The Balaban J connectivity index is 2.05. The van der Waals surface area contributed by atoms with E-state index in [9.17, 15) is 4.79 Å². The summed E-state index contributed by atoms with van der Waals surface area (Å²) in [6.07, 6.45) is 0.0378. The van der Waals surface area contributed by atoms with Crippen LogP contribution in [-0.4, -0.2) is 56.6 Å². The topological polar surface area (TPSA) is 60.0 Å². The van der Waals surface area contributed by atoms with E-state index in [-0.39, 0.29) is 24.2 Å². The number of urea groups is 1. The molecule has 0 saturated carbocycles. The summed E-state index contributed by atoms with van der Waals surface area (Å²) in [5.41, 5.74) is 0.989. The van der Waals surface area contributed by atoms with Gasteiger partial charge in [-0.3, -0.25) is 0 Å². The Labute approximate surface area is 144 Å². The number of carbonyl (C=O) groups is 1. The summed E-state index contributed by atoms with van der Waals surface area (Å²) < 4.78 is 16.3. The smallest absolute Gasteiger partial charge is 0.318 e. The van der Waals surface area contributed by atoms with Crippen LogP contribution >= 0.6 is 0 Å². The quantitative estimate of drug-likeness (QED) is 0.867. The fourth-order valence-electron chi connectivity index (χ4n) is 2.80. The monoisotopic (exact) mass is 336 g/mol. The van der Waals surface area contributed by atoms with Crippen molar-refractivity contribution in [3.05, 3.63) is 29.8 Å². The Morgan fingerprint density at radius 3 is 2.71 bits per heavy atom. The fourth-order valence-corrected chi connectivity index (χ4v) is 2.80. The minimum Gasteiger partial charge on any atom is -0.494 e. The van der Waals surface area contributed by atoms with Crippen LogP contribution < -0.4 is 10.1 Å². The SMILES string of the molecule is CCOc1ccc([C@H](COC)NC(=O)N2CCO[C@@H](C)[C@@H]2C)cc1. The van der Waals surface area contributed by atoms with Gasteiger partial charge in [0.05, 0.1) is 38.0 Å². The minimum absolute atomic E-state index is 0.0378. The van der Waals surface area contributed by atoms with Gasteiger partial charge in [-0.05, 0) is 38.5 Å². The summed E-state index contributed by atoms with van der Waals surface area (Å²) in [7, 11) is 1.63. The van der Waals surface area contributed by atoms with Gasteiger partial charge in [0.15, 0.2) is 0 Å². The highest BCUT2D eigenvalue weighted by molar-refractivity contribution is 5.75. The molecule has 1 aromatic carbocycles. The number of carbonyl (C=O) groups excluding carboxylic acids is 1. The van der Waals surface area contributed by atoms with Gasteiger partial charge in [0, 0.05) is 13.7 Å². The Hall–Kier alpha value is -1.79. The molecule has 0 spiro atoms. The molecule has 1 saturated heterocycles. The average molecular weight is 336 g/mol. The lowest BCUT2D eigenvalue weighted by molar-refractivity contribution is -0.0383. The molecule has 24 heavy (non-hydrogen) atoms. The van der Waals surface area contributed by atoms with E-state index in [4.69, 9.17) is 14.2 Å². The zero-order chi connectivity index (χ0) is 17.5. The molecule has 0 radical (unpaired) electrons. The Bertz CT molecular complexity index is 520. The molecular weight excluding hydrogens is 308 g/mol. The molecule has 2 amide bonds. The van der Waals surface area contributed by atoms with E-state index in [1.807, 2.05) is 49.9 Å². The first-order valence-electron chi connectivity index (χ1n) is 8.47. The molecule has 6 nitrogen and oxygen atoms in total. The van der Waals surface area contributed by atoms with Gasteiger partial charge in [-0.25, -0.2) is 4.79 Å². The number of ether oxygens (including phenoxy) is 3. The summed E-state index contributed by atoms with van der Waals surface area (Å²) in [4.78, 5) is 14.5. The number of rotatable bonds is 6. The van der Waals surface area contributed by atoms with Gasteiger partial charge in [-0.15, -0.1) is 0 Å². The zero-order valence-corrected chi connectivity index (χ0v) is 15.0. The largest absolute Gasteiger partial charge is 0.494 e. The number of nitrogens with one attached hydrogen (secondary N) is 1. The second-order valence-electron chi connectivity index (χ2n) is 5.97. The third-order valence-electron chi connectivity index (χ3n) is 4.37. The molecule has 0 unspecified atom stereocenters. The summed E-state index contributed by atoms with van der Waals surface area (Å²) in [5.74, 6) is 0.819. The Morgan fingerprint density at radius 2 is 2.08 bits per heavy atom. The molecule has 0 aliphatic carbocycles. The van der Waals surface area contributed by atoms with Crippen molar-refractivity contribution in [2.45, 2.75) is 39.0 Å². The van der Waals surface area contributed by atoms with Gasteiger partial charge in [0.25, 0.3) is 0 Å². The van der Waals surface area contributed by atoms with Crippen LogP contribution in [0.1, 0.15) is 32.4 Å². The average Bonchev–Trinajstić information content (AvgIpc) is 2.58. The van der Waals surface area contributed by atoms with E-state index in [2.05, 4.69) is 5.32 Å². The number of hydrogen-bond acceptors (Lipinski definition) is 4. The second-order valence-corrected chi connectivity index (χ2v) is 5.97. The predicted octanol–water partition coefficient (Wildman–Crippen LogP) is 2.59. The van der Waals surface area contributed by atoms with Crippen LogP contribution in [0, 0.1) is 0 Å². The van der Waals surface area contributed by atoms with Crippen LogP contribution in [0.4, 0.5) is 4.79 Å². The number of nitrogens with zero attached hydrogens (tertiary/aromatic N) is 1. The summed E-state index contributed by atoms with van der Waals surface area (Å²) in [5, 5.41) is 3.07. The van der Waals surface area contributed by atoms with Crippen molar-refractivity contribution in [2.75, 3.05) is 33.5 Å². The second kappa shape index (κ2) is 8.89. The first-order valence-corrected chi connectivity index (χ1v) is 8.47. The first kappa shape index (κ1) is 18.5. The van der Waals surface area contributed by atoms with Crippen LogP contribution in [0.2, 0.25) is 0 Å². The lowest BCUT2D eigenvalue weighted by Gasteiger charge is -2.38. The van der Waals surface area contributed by atoms with Gasteiger partial charge in [-0.2, -0.15) is 0 Å². The minimum atomic E-state index is -0.205. The molecule has 6 heteroatoms. The van der Waals surface area contributed by atoms with Crippen LogP contribution in [0.3, 0.4) is 0 Å². The van der Waals surface area contributed by atoms with E-state index in [1.165, 1.54) is 0 Å². The number of benzene rings is 1. The van der Waals surface area contributed by atoms with E-state index in [0.29, 0.717) is 26.4 Å². The van der Waals surface area contributed by atoms with Gasteiger partial charge in [0.2, 0.25) is 0 Å². The lowest BCUT2D eigenvalue weighted by Crippen LogP contribution is -2.55. The van der Waals surface area contributed by atoms with Crippen LogP contribution in [0.15, 0.2) is 24.3 Å². The van der Waals surface area contributed by atoms with Crippen molar-refractivity contribution in [3.63, 3.8) is 0 Å². The molecule has 1 aromatic rings. The molecule has 3 atom stereocenters. The first-order chi connectivity index (χ1) is 11.6. The molecule has 1 N–H and O–H groups in total. The maximum absolute atomic E-state index is 12.7. The van der Waals surface area contributed by atoms with E-state index >= 15 is 0 Å². The highest BCUT2D eigenvalue weighted by Crippen LogP contribution is 2.20. The predicted molar refractivity (Wildman–Crippen MR) is 92.3 cm³/mol. The van der Waals surface area contributed by atoms with Crippen LogP contribution in [0.5, 0.6) is 5.75 Å². The number of amides is 2. The van der Waals surface area contributed by atoms with Crippen molar-refractivity contribution in [1.82, 2.24) is 10.2 Å². The van der Waals surface area contributed by atoms with Gasteiger partial charge in [0.1, 0.15) is 5.75 Å². The van der Waals surface area contributed by atoms with Crippen molar-refractivity contribution in [2.24, 2.45) is 0 Å². The lowest BCUT2D eigenvalue weighted by atomic mass is 10.1. The molecule has 1 fully saturated rings. The molecule has 1 aliphatic heterocycles. The highest BCUT2D eigenvalue weighted by Gasteiger charge is 2.30. The maximum atomic E-state index is 12.7. The third kappa shape index (κ3) is 4.61. The van der Waals surface area contributed by atoms with Crippen molar-refractivity contribution < 1.29 is 19.0 Å². The Morgan fingerprint density at radius 1 is 1.38 bits per heavy atom. The highest BCUT2D eigenvalue weighted by atomic mass is 16.5. The van der Waals surface area contributed by atoms with Crippen LogP contribution in [-0.2, 0) is 9.47 Å². The van der Waals surface area contributed by atoms with Crippen molar-refractivity contribution >= 4 is 6.03 Å². The Kier molecular flexibility index (Phi) is 6.87. The molecule has 1 heterocycles. The van der Waals surface area contributed by atoms with Crippen molar-refractivity contribution in [1.29, 1.82) is 0 Å². The number of morpholine rings is 1. The molecule has 0 bridgehead atoms. The zero-order valence-electron chi connectivity index (χ0n) is 15.0. The van der Waals surface area contributed by atoms with Gasteiger partial charge < -0.3 is 24.4 Å². The fraction of sp³-hybridized carbons (Fsp3) is 0.611. The van der Waals surface area contributed by atoms with E-state index in [1.54, 1.807) is 7.11 Å². The number of hydrogen-bond donors (Lipinski definition) is 1. The maximum Gasteiger partial charge on any atom is 0.318 e. The summed E-state index contributed by atoms with van der Waals surface area (Å²) in [6.45, 7) is 8.15. The third-order valence-corrected chi connectivity index (χ3v) is 4.37. The van der Waals surface area contributed by atoms with Gasteiger partial charge >= 0.3 is 6.03 Å². The molecule has 1 aliphatic rings. The molecule has 0 aromatic heterocycles.